The summed E-state index contributed by atoms with van der Waals surface area (Å²) in [5, 5.41) is 8.91. The molecule has 2 aromatic carbocycles. The van der Waals surface area contributed by atoms with E-state index < -0.39 is 16.0 Å². The molecule has 0 bridgehead atoms. The minimum Gasteiger partial charge on any atom is -0.493 e. The standard InChI is InChI=1S/C26H32ClN5O6S/c1-30(11-6-12-38-26(33)19-9-10-24(36-2)25(13-19)37-3)22-17-32(39(34,35)18-22)16-21-15-31(29-28-21)14-20-7-4-5-8-23(20)27/h4-5,7-10,13,15,22H,6,11-12,14,16-18H2,1-3H3. The van der Waals surface area contributed by atoms with Gasteiger partial charge in [-0.2, -0.15) is 4.31 Å². The predicted octanol–water partition coefficient (Wildman–Crippen LogP) is 2.69. The summed E-state index contributed by atoms with van der Waals surface area (Å²) in [6.07, 6.45) is 2.30. The minimum atomic E-state index is -3.44. The van der Waals surface area contributed by atoms with E-state index >= 15 is 0 Å². The third-order valence-electron chi connectivity index (χ3n) is 6.56. The Balaban J connectivity index is 1.24. The smallest absolute Gasteiger partial charge is 0.338 e. The zero-order chi connectivity index (χ0) is 28.0. The highest BCUT2D eigenvalue weighted by Crippen LogP contribution is 2.28. The van der Waals surface area contributed by atoms with Crippen LogP contribution in [-0.2, 0) is 27.8 Å². The quantitative estimate of drug-likeness (QED) is 0.236. The van der Waals surface area contributed by atoms with Crippen molar-refractivity contribution in [3.8, 4) is 11.5 Å². The summed E-state index contributed by atoms with van der Waals surface area (Å²) in [6.45, 7) is 1.72. The van der Waals surface area contributed by atoms with Gasteiger partial charge in [-0.15, -0.1) is 5.10 Å². The number of carbonyl (C=O) groups is 1. The predicted molar refractivity (Wildman–Crippen MR) is 146 cm³/mol. The lowest BCUT2D eigenvalue weighted by atomic mass is 10.2. The van der Waals surface area contributed by atoms with Crippen LogP contribution in [0.15, 0.2) is 48.7 Å². The van der Waals surface area contributed by atoms with Crippen molar-refractivity contribution < 1.29 is 27.4 Å². The lowest BCUT2D eigenvalue weighted by molar-refractivity contribution is 0.0486. The molecule has 4 rings (SSSR count). The number of nitrogens with zero attached hydrogens (tertiary/aromatic N) is 5. The fourth-order valence-electron chi connectivity index (χ4n) is 4.36. The van der Waals surface area contributed by atoms with Gasteiger partial charge in [0.1, 0.15) is 0 Å². The molecule has 39 heavy (non-hydrogen) atoms. The van der Waals surface area contributed by atoms with Crippen molar-refractivity contribution in [2.24, 2.45) is 0 Å². The molecule has 1 atom stereocenters. The van der Waals surface area contributed by atoms with Gasteiger partial charge in [0, 0.05) is 24.2 Å². The fraction of sp³-hybridized carbons (Fsp3) is 0.423. The Morgan fingerprint density at radius 2 is 1.90 bits per heavy atom. The van der Waals surface area contributed by atoms with Gasteiger partial charge in [0.25, 0.3) is 0 Å². The first-order chi connectivity index (χ1) is 18.7. The summed E-state index contributed by atoms with van der Waals surface area (Å²) >= 11 is 6.22. The van der Waals surface area contributed by atoms with Crippen LogP contribution in [0.1, 0.15) is 28.0 Å². The van der Waals surface area contributed by atoms with Crippen LogP contribution in [0.5, 0.6) is 11.5 Å². The molecule has 1 unspecified atom stereocenters. The van der Waals surface area contributed by atoms with Crippen molar-refractivity contribution in [3.05, 3.63) is 70.5 Å². The molecule has 2 heterocycles. The maximum absolute atomic E-state index is 12.8. The minimum absolute atomic E-state index is 0.0166. The summed E-state index contributed by atoms with van der Waals surface area (Å²) < 4.78 is 44.6. The number of ether oxygens (including phenoxy) is 3. The number of benzene rings is 2. The molecule has 1 aliphatic rings. The number of esters is 1. The number of aromatic nitrogens is 3. The van der Waals surface area contributed by atoms with E-state index in [4.69, 9.17) is 25.8 Å². The maximum atomic E-state index is 12.8. The summed E-state index contributed by atoms with van der Waals surface area (Å²) in [5.41, 5.74) is 1.83. The second-order valence-corrected chi connectivity index (χ2v) is 11.7. The summed E-state index contributed by atoms with van der Waals surface area (Å²) in [7, 11) is 1.45. The molecule has 1 aromatic heterocycles. The number of carbonyl (C=O) groups excluding carboxylic acids is 1. The van der Waals surface area contributed by atoms with Crippen molar-refractivity contribution >= 4 is 27.6 Å². The normalized spacial score (nSPS) is 16.9. The molecule has 0 radical (unpaired) electrons. The van der Waals surface area contributed by atoms with Gasteiger partial charge in [-0.1, -0.05) is 35.0 Å². The average molecular weight is 578 g/mol. The van der Waals surface area contributed by atoms with Crippen molar-refractivity contribution in [3.63, 3.8) is 0 Å². The van der Waals surface area contributed by atoms with E-state index in [2.05, 4.69) is 10.3 Å². The van der Waals surface area contributed by atoms with E-state index in [1.54, 1.807) is 29.1 Å². The zero-order valence-electron chi connectivity index (χ0n) is 22.1. The number of hydrogen-bond acceptors (Lipinski definition) is 9. The van der Waals surface area contributed by atoms with Crippen LogP contribution >= 0.6 is 11.6 Å². The van der Waals surface area contributed by atoms with Crippen molar-refractivity contribution in [2.45, 2.75) is 25.6 Å². The van der Waals surface area contributed by atoms with Gasteiger partial charge in [-0.3, -0.25) is 0 Å². The molecule has 13 heteroatoms. The highest BCUT2D eigenvalue weighted by molar-refractivity contribution is 7.89. The van der Waals surface area contributed by atoms with Gasteiger partial charge in [0.2, 0.25) is 10.0 Å². The first-order valence-electron chi connectivity index (χ1n) is 12.4. The highest BCUT2D eigenvalue weighted by atomic mass is 35.5. The van der Waals surface area contributed by atoms with Crippen LogP contribution in [0.4, 0.5) is 0 Å². The summed E-state index contributed by atoms with van der Waals surface area (Å²) in [4.78, 5) is 14.4. The van der Waals surface area contributed by atoms with Crippen LogP contribution in [0.2, 0.25) is 5.02 Å². The first-order valence-corrected chi connectivity index (χ1v) is 14.4. The SMILES string of the molecule is COc1ccc(C(=O)OCCCN(C)C2CN(Cc3cn(Cc4ccccc4Cl)nn3)S(=O)(=O)C2)cc1OC. The highest BCUT2D eigenvalue weighted by Gasteiger charge is 2.38. The van der Waals surface area contributed by atoms with Crippen molar-refractivity contribution in [2.75, 3.05) is 46.7 Å². The summed E-state index contributed by atoms with van der Waals surface area (Å²) in [5.74, 6) is 0.526. The van der Waals surface area contributed by atoms with Gasteiger partial charge in [-0.25, -0.2) is 17.9 Å². The van der Waals surface area contributed by atoms with Crippen LogP contribution in [0.3, 0.4) is 0 Å². The molecule has 3 aromatic rings. The molecule has 0 spiro atoms. The van der Waals surface area contributed by atoms with Crippen LogP contribution < -0.4 is 9.47 Å². The molecule has 1 fully saturated rings. The van der Waals surface area contributed by atoms with Gasteiger partial charge in [-0.05, 0) is 43.3 Å². The second kappa shape index (κ2) is 12.8. The van der Waals surface area contributed by atoms with Crippen LogP contribution in [-0.4, -0.2) is 91.3 Å². The number of rotatable bonds is 12. The Morgan fingerprint density at radius 3 is 2.64 bits per heavy atom. The van der Waals surface area contributed by atoms with Gasteiger partial charge < -0.3 is 19.1 Å². The maximum Gasteiger partial charge on any atom is 0.338 e. The van der Waals surface area contributed by atoms with Gasteiger partial charge in [0.15, 0.2) is 11.5 Å². The number of halogens is 1. The molecule has 1 saturated heterocycles. The van der Waals surface area contributed by atoms with Crippen LogP contribution in [0, 0.1) is 0 Å². The van der Waals surface area contributed by atoms with E-state index in [1.165, 1.54) is 18.5 Å². The van der Waals surface area contributed by atoms with Crippen molar-refractivity contribution in [1.29, 1.82) is 0 Å². The lowest BCUT2D eigenvalue weighted by Gasteiger charge is -2.23. The number of methoxy groups -OCH3 is 2. The topological polar surface area (TPSA) is 116 Å². The molecular weight excluding hydrogens is 546 g/mol. The number of hydrogen-bond donors (Lipinski definition) is 0. The van der Waals surface area contributed by atoms with Gasteiger partial charge in [0.05, 0.1) is 57.1 Å². The zero-order valence-corrected chi connectivity index (χ0v) is 23.7. The van der Waals surface area contributed by atoms with Gasteiger partial charge >= 0.3 is 5.97 Å². The molecule has 11 nitrogen and oxygen atoms in total. The number of likely N-dealkylation sites (N-methyl/N-ethyl adjacent to an activating group) is 1. The molecule has 0 saturated carbocycles. The Labute approximate surface area is 233 Å². The Hall–Kier alpha value is -3.19. The summed E-state index contributed by atoms with van der Waals surface area (Å²) in [6, 6.07) is 12.1. The van der Waals surface area contributed by atoms with E-state index in [-0.39, 0.29) is 24.9 Å². The third-order valence-corrected chi connectivity index (χ3v) is 8.80. The van der Waals surface area contributed by atoms with E-state index in [9.17, 15) is 13.2 Å². The molecular formula is C26H32ClN5O6S. The first kappa shape index (κ1) is 28.8. The van der Waals surface area contributed by atoms with E-state index in [0.717, 1.165) is 5.56 Å². The monoisotopic (exact) mass is 577 g/mol. The Kier molecular flexibility index (Phi) is 9.44. The molecule has 0 amide bonds. The molecule has 0 N–H and O–H groups in total. The average Bonchev–Trinajstić information content (AvgIpc) is 3.50. The van der Waals surface area contributed by atoms with Crippen molar-refractivity contribution in [1.82, 2.24) is 24.2 Å². The van der Waals surface area contributed by atoms with Crippen LogP contribution in [0.25, 0.3) is 0 Å². The molecule has 0 aliphatic carbocycles. The Bertz CT molecular complexity index is 1400. The number of sulfonamides is 1. The van der Waals surface area contributed by atoms with E-state index in [0.29, 0.717) is 53.8 Å². The molecule has 1 aliphatic heterocycles. The molecule has 210 valence electrons. The lowest BCUT2D eigenvalue weighted by Crippen LogP contribution is -2.37. The third kappa shape index (κ3) is 7.27. The Morgan fingerprint density at radius 1 is 1.13 bits per heavy atom. The fourth-order valence-corrected chi connectivity index (χ4v) is 6.34. The largest absolute Gasteiger partial charge is 0.493 e. The second-order valence-electron chi connectivity index (χ2n) is 9.26. The van der Waals surface area contributed by atoms with E-state index in [1.807, 2.05) is 36.2 Å².